The van der Waals surface area contributed by atoms with Gasteiger partial charge in [0.05, 0.1) is 26.4 Å². The highest BCUT2D eigenvalue weighted by Gasteiger charge is 2.30. The third-order valence-corrected chi connectivity index (χ3v) is 20.2. The van der Waals surface area contributed by atoms with Gasteiger partial charge >= 0.3 is 39.5 Å². The van der Waals surface area contributed by atoms with Crippen molar-refractivity contribution in [2.75, 3.05) is 39.6 Å². The molecule has 17 nitrogen and oxygen atoms in total. The Morgan fingerprint density at radius 3 is 0.775 bits per heavy atom. The Bertz CT molecular complexity index is 2120. The molecular weight excluding hydrogens is 1330 g/mol. The second-order valence-corrected chi connectivity index (χ2v) is 31.4. The van der Waals surface area contributed by atoms with Crippen molar-refractivity contribution in [1.29, 1.82) is 0 Å². The highest BCUT2D eigenvalue weighted by molar-refractivity contribution is 7.47. The van der Waals surface area contributed by atoms with E-state index < -0.39 is 97.5 Å². The van der Waals surface area contributed by atoms with E-state index in [9.17, 15) is 43.2 Å². The summed E-state index contributed by atoms with van der Waals surface area (Å²) in [5.74, 6) is -2.19. The molecule has 0 bridgehead atoms. The van der Waals surface area contributed by atoms with E-state index in [1.165, 1.54) is 218 Å². The topological polar surface area (TPSA) is 237 Å². The molecule has 0 saturated carbocycles. The molecule has 0 aromatic carbocycles. The van der Waals surface area contributed by atoms with Crippen LogP contribution in [0.2, 0.25) is 0 Å². The second kappa shape index (κ2) is 76.2. The summed E-state index contributed by atoms with van der Waals surface area (Å²) in [5, 5.41) is 10.6. The van der Waals surface area contributed by atoms with Gasteiger partial charge in [-0.25, -0.2) is 9.13 Å². The van der Waals surface area contributed by atoms with Crippen LogP contribution in [0.3, 0.4) is 0 Å². The second-order valence-electron chi connectivity index (χ2n) is 28.4. The van der Waals surface area contributed by atoms with Crippen LogP contribution in [0.25, 0.3) is 0 Å². The standard InChI is InChI=1S/C83H154O17P2/c1-5-9-13-17-21-25-29-33-36-38-41-45-48-52-56-60-64-68-81(86)94-73-78(99-82(87)69-65-61-57-53-49-43-32-28-24-20-16-12-8-4)75-97-101(89,90)95-71-77(84)72-96-102(91,92)98-76-79(74-93-80(85)67-63-59-55-51-47-44-40-35-31-27-23-19-15-11-7-3)100-83(88)70-66-62-58-54-50-46-42-39-37-34-30-26-22-18-14-10-6-2/h21,25,33,36,41,45,52,56,77-79,84H,5-20,22-24,26-32,34-35,37-40,42-44,46-51,53-55,57-76H2,1-4H3,(H,89,90)(H,91,92)/b25-21-,36-33-,45-41-,56-52-/t77-,78+,79+/m0/s1. The van der Waals surface area contributed by atoms with Gasteiger partial charge in [0, 0.05) is 25.7 Å². The molecule has 0 radical (unpaired) electrons. The number of hydrogen-bond acceptors (Lipinski definition) is 15. The van der Waals surface area contributed by atoms with E-state index in [-0.39, 0.29) is 25.7 Å². The number of aliphatic hydroxyl groups excluding tert-OH is 1. The lowest BCUT2D eigenvalue weighted by atomic mass is 10.0. The van der Waals surface area contributed by atoms with Crippen molar-refractivity contribution in [3.63, 3.8) is 0 Å². The summed E-state index contributed by atoms with van der Waals surface area (Å²) in [6, 6.07) is 0. The number of unbranched alkanes of at least 4 members (excludes halogenated alkanes) is 46. The molecule has 0 aliphatic carbocycles. The molecule has 5 atom stereocenters. The first-order chi connectivity index (χ1) is 49.7. The van der Waals surface area contributed by atoms with Crippen LogP contribution in [0.4, 0.5) is 0 Å². The van der Waals surface area contributed by atoms with Crippen molar-refractivity contribution < 1.29 is 80.2 Å². The van der Waals surface area contributed by atoms with Crippen LogP contribution in [0.1, 0.15) is 400 Å². The number of esters is 4. The fraction of sp³-hybridized carbons (Fsp3) is 0.855. The molecule has 0 fully saturated rings. The van der Waals surface area contributed by atoms with E-state index in [2.05, 4.69) is 64.2 Å². The minimum atomic E-state index is -4.98. The number of aliphatic hydroxyl groups is 1. The molecular formula is C83H154O17P2. The minimum absolute atomic E-state index is 0.0910. The maximum atomic E-state index is 13.1. The molecule has 598 valence electrons. The summed E-state index contributed by atoms with van der Waals surface area (Å²) < 4.78 is 68.7. The number of hydrogen-bond donors (Lipinski definition) is 3. The van der Waals surface area contributed by atoms with Gasteiger partial charge in [-0.05, 0) is 64.2 Å². The molecule has 19 heteroatoms. The van der Waals surface area contributed by atoms with Crippen LogP contribution in [0, 0.1) is 0 Å². The van der Waals surface area contributed by atoms with Crippen LogP contribution in [-0.2, 0) is 65.4 Å². The SMILES string of the molecule is CCCCC/C=C\C/C=C\C/C=C\C/C=C\CCCC(=O)OC[C@H](COP(=O)(O)OC[C@H](O)COP(=O)(O)OC[C@@H](COC(=O)CCCCCCCCCCCCCCCCC)OC(=O)CCCCCCCCCCCCCCCCCCC)OC(=O)CCCCCCCCCCCCCCC. The Morgan fingerprint density at radius 2 is 0.490 bits per heavy atom. The monoisotopic (exact) mass is 1490 g/mol. The first kappa shape index (κ1) is 99.0. The molecule has 0 spiro atoms. The summed E-state index contributed by atoms with van der Waals surface area (Å²) in [6.45, 7) is 4.90. The van der Waals surface area contributed by atoms with Gasteiger partial charge < -0.3 is 33.8 Å². The number of carbonyl (C=O) groups excluding carboxylic acids is 4. The highest BCUT2D eigenvalue weighted by atomic mass is 31.2. The van der Waals surface area contributed by atoms with E-state index in [1.54, 1.807) is 0 Å². The average Bonchev–Trinajstić information content (AvgIpc) is 0.909. The van der Waals surface area contributed by atoms with Gasteiger partial charge in [0.2, 0.25) is 0 Å². The number of ether oxygens (including phenoxy) is 4. The van der Waals surface area contributed by atoms with Gasteiger partial charge in [0.25, 0.3) is 0 Å². The quantitative estimate of drug-likeness (QED) is 0.0169. The molecule has 0 saturated heterocycles. The Kier molecular flexibility index (Phi) is 74.0. The third kappa shape index (κ3) is 75.3. The zero-order chi connectivity index (χ0) is 74.6. The predicted octanol–water partition coefficient (Wildman–Crippen LogP) is 24.5. The Morgan fingerprint density at radius 1 is 0.275 bits per heavy atom. The number of carbonyl (C=O) groups is 4. The van der Waals surface area contributed by atoms with Crippen LogP contribution in [-0.4, -0.2) is 96.7 Å². The number of phosphoric ester groups is 2. The average molecular weight is 1490 g/mol. The van der Waals surface area contributed by atoms with E-state index in [0.29, 0.717) is 32.1 Å². The molecule has 0 heterocycles. The molecule has 0 aliphatic rings. The van der Waals surface area contributed by atoms with E-state index in [4.69, 9.17) is 37.0 Å². The van der Waals surface area contributed by atoms with Crippen molar-refractivity contribution in [2.24, 2.45) is 0 Å². The summed E-state index contributed by atoms with van der Waals surface area (Å²) in [4.78, 5) is 73.1. The molecule has 102 heavy (non-hydrogen) atoms. The lowest BCUT2D eigenvalue weighted by molar-refractivity contribution is -0.161. The van der Waals surface area contributed by atoms with Crippen molar-refractivity contribution in [3.8, 4) is 0 Å². The van der Waals surface area contributed by atoms with Gasteiger partial charge in [-0.15, -0.1) is 0 Å². The van der Waals surface area contributed by atoms with E-state index >= 15 is 0 Å². The van der Waals surface area contributed by atoms with E-state index in [1.807, 2.05) is 12.2 Å². The number of rotatable bonds is 80. The largest absolute Gasteiger partial charge is 0.472 e. The summed E-state index contributed by atoms with van der Waals surface area (Å²) in [5.41, 5.74) is 0. The maximum absolute atomic E-state index is 13.1. The molecule has 3 N–H and O–H groups in total. The lowest BCUT2D eigenvalue weighted by Gasteiger charge is -2.21. The van der Waals surface area contributed by atoms with Crippen molar-refractivity contribution in [1.82, 2.24) is 0 Å². The summed E-state index contributed by atoms with van der Waals surface area (Å²) in [6.07, 6.45) is 75.1. The van der Waals surface area contributed by atoms with Gasteiger partial charge in [0.15, 0.2) is 12.2 Å². The first-order valence-electron chi connectivity index (χ1n) is 41.9. The molecule has 0 aliphatic heterocycles. The number of phosphoric acid groups is 2. The maximum Gasteiger partial charge on any atom is 0.472 e. The van der Waals surface area contributed by atoms with Gasteiger partial charge in [-0.3, -0.25) is 37.3 Å². The molecule has 2 unspecified atom stereocenters. The lowest BCUT2D eigenvalue weighted by Crippen LogP contribution is -2.30. The van der Waals surface area contributed by atoms with Crippen LogP contribution < -0.4 is 0 Å². The fourth-order valence-corrected chi connectivity index (χ4v) is 13.5. The molecule has 0 aromatic rings. The van der Waals surface area contributed by atoms with Crippen LogP contribution >= 0.6 is 15.6 Å². The fourth-order valence-electron chi connectivity index (χ4n) is 11.9. The minimum Gasteiger partial charge on any atom is -0.462 e. The normalized spacial score (nSPS) is 14.1. The summed E-state index contributed by atoms with van der Waals surface area (Å²) >= 11 is 0. The Balaban J connectivity index is 5.34. The zero-order valence-electron chi connectivity index (χ0n) is 65.6. The van der Waals surface area contributed by atoms with Crippen molar-refractivity contribution in [2.45, 2.75) is 418 Å². The van der Waals surface area contributed by atoms with Crippen molar-refractivity contribution in [3.05, 3.63) is 48.6 Å². The molecule has 0 amide bonds. The molecule has 0 aromatic heterocycles. The zero-order valence-corrected chi connectivity index (χ0v) is 67.3. The molecule has 0 rings (SSSR count). The third-order valence-electron chi connectivity index (χ3n) is 18.3. The van der Waals surface area contributed by atoms with Crippen molar-refractivity contribution >= 4 is 39.5 Å². The van der Waals surface area contributed by atoms with Crippen LogP contribution in [0.5, 0.6) is 0 Å². The Labute approximate surface area is 623 Å². The van der Waals surface area contributed by atoms with Gasteiger partial charge in [0.1, 0.15) is 19.3 Å². The predicted molar refractivity (Wildman–Crippen MR) is 418 cm³/mol. The van der Waals surface area contributed by atoms with Crippen LogP contribution in [0.15, 0.2) is 48.6 Å². The van der Waals surface area contributed by atoms with E-state index in [0.717, 1.165) is 96.3 Å². The smallest absolute Gasteiger partial charge is 0.462 e. The Hall–Kier alpha value is -2.98. The van der Waals surface area contributed by atoms with Gasteiger partial charge in [-0.1, -0.05) is 359 Å². The van der Waals surface area contributed by atoms with Gasteiger partial charge in [-0.2, -0.15) is 0 Å². The number of allylic oxidation sites excluding steroid dienone is 8. The highest BCUT2D eigenvalue weighted by Crippen LogP contribution is 2.45. The summed E-state index contributed by atoms with van der Waals surface area (Å²) in [7, 11) is -9.95. The first-order valence-corrected chi connectivity index (χ1v) is 44.9.